The van der Waals surface area contributed by atoms with Crippen molar-refractivity contribution in [3.63, 3.8) is 0 Å². The number of carbonyl (C=O) groups is 1. The molecule has 2 saturated heterocycles. The lowest BCUT2D eigenvalue weighted by Gasteiger charge is -2.49. The molecule has 0 aromatic heterocycles. The number of aliphatic hydroxyl groups is 3. The maximum Gasteiger partial charge on any atom is 0.223 e. The zero-order valence-electron chi connectivity index (χ0n) is 12.3. The lowest BCUT2D eigenvalue weighted by molar-refractivity contribution is -0.187. The summed E-state index contributed by atoms with van der Waals surface area (Å²) in [4.78, 5) is 13.5. The third kappa shape index (κ3) is 2.52. The van der Waals surface area contributed by atoms with E-state index in [9.17, 15) is 20.1 Å². The summed E-state index contributed by atoms with van der Waals surface area (Å²) in [5, 5.41) is 30.2. The van der Waals surface area contributed by atoms with Crippen LogP contribution in [0.4, 0.5) is 0 Å². The number of rotatable bonds is 4. The summed E-state index contributed by atoms with van der Waals surface area (Å²) in [7, 11) is 0. The summed E-state index contributed by atoms with van der Waals surface area (Å²) in [6.07, 6.45) is -2.88. The summed E-state index contributed by atoms with van der Waals surface area (Å²) in [6, 6.07) is 9.62. The third-order valence-corrected chi connectivity index (χ3v) is 4.71. The first kappa shape index (κ1) is 15.4. The topological polar surface area (TPSA) is 90.2 Å². The molecule has 0 aliphatic carbocycles. The van der Waals surface area contributed by atoms with Gasteiger partial charge in [-0.1, -0.05) is 30.3 Å². The lowest BCUT2D eigenvalue weighted by Crippen LogP contribution is -2.69. The highest BCUT2D eigenvalue weighted by molar-refractivity contribution is 5.80. The van der Waals surface area contributed by atoms with E-state index in [2.05, 4.69) is 0 Å². The number of aliphatic hydroxyl groups excluding tert-OH is 3. The average Bonchev–Trinajstić information content (AvgIpc) is 2.84. The molecule has 3 N–H and O–H groups in total. The van der Waals surface area contributed by atoms with Crippen molar-refractivity contribution in [2.24, 2.45) is 0 Å². The Morgan fingerprint density at radius 3 is 2.68 bits per heavy atom. The Bertz CT molecular complexity index is 537. The average molecular weight is 307 g/mol. The maximum atomic E-state index is 12.0. The number of carbonyl (C=O) groups excluding carboxylic acids is 1. The molecule has 3 rings (SSSR count). The highest BCUT2D eigenvalue weighted by atomic mass is 16.5. The quantitative estimate of drug-likeness (QED) is 0.708. The minimum absolute atomic E-state index is 0.0335. The highest BCUT2D eigenvalue weighted by Crippen LogP contribution is 2.39. The predicted molar refractivity (Wildman–Crippen MR) is 77.8 cm³/mol. The van der Waals surface area contributed by atoms with Crippen molar-refractivity contribution in [1.29, 1.82) is 0 Å². The first-order chi connectivity index (χ1) is 10.5. The van der Waals surface area contributed by atoms with Crippen molar-refractivity contribution in [1.82, 2.24) is 4.90 Å². The largest absolute Gasteiger partial charge is 0.388 e. The first-order valence-electron chi connectivity index (χ1n) is 7.51. The fraction of sp³-hybridized carbons (Fsp3) is 0.562. The van der Waals surface area contributed by atoms with Crippen molar-refractivity contribution in [3.8, 4) is 0 Å². The molecule has 6 heteroatoms. The van der Waals surface area contributed by atoms with E-state index < -0.39 is 23.9 Å². The van der Waals surface area contributed by atoms with Gasteiger partial charge in [-0.2, -0.15) is 0 Å². The Labute approximate surface area is 128 Å². The van der Waals surface area contributed by atoms with Crippen LogP contribution in [-0.4, -0.2) is 63.1 Å². The van der Waals surface area contributed by atoms with Gasteiger partial charge in [0.2, 0.25) is 5.91 Å². The Morgan fingerprint density at radius 1 is 1.23 bits per heavy atom. The number of piperidine rings is 1. The SMILES string of the molecule is O=C1CC[C@@]2(COCc3ccccc3)[C@@H](O)[C@H](O)[C@H](O)CN12. The van der Waals surface area contributed by atoms with E-state index in [0.717, 1.165) is 5.56 Å². The highest BCUT2D eigenvalue weighted by Gasteiger charge is 2.57. The van der Waals surface area contributed by atoms with E-state index in [1.165, 1.54) is 4.90 Å². The van der Waals surface area contributed by atoms with Crippen LogP contribution in [-0.2, 0) is 16.1 Å². The summed E-state index contributed by atoms with van der Waals surface area (Å²) < 4.78 is 5.72. The number of hydrogen-bond acceptors (Lipinski definition) is 5. The van der Waals surface area contributed by atoms with Crippen LogP contribution in [0.25, 0.3) is 0 Å². The Balaban J connectivity index is 1.72. The predicted octanol–water partition coefficient (Wildman–Crippen LogP) is -0.339. The first-order valence-corrected chi connectivity index (χ1v) is 7.51. The second-order valence-corrected chi connectivity index (χ2v) is 6.09. The van der Waals surface area contributed by atoms with E-state index in [4.69, 9.17) is 4.74 Å². The Hall–Kier alpha value is -1.47. The molecule has 2 aliphatic rings. The standard InChI is InChI=1S/C16H21NO5/c18-12-8-17-13(19)6-7-16(17,15(21)14(12)20)10-22-9-11-4-2-1-3-5-11/h1-5,12,14-15,18,20-21H,6-10H2/t12-,14-,15+,16-/m1/s1. The van der Waals surface area contributed by atoms with Crippen LogP contribution < -0.4 is 0 Å². The van der Waals surface area contributed by atoms with E-state index in [1.807, 2.05) is 30.3 Å². The molecule has 0 spiro atoms. The summed E-state index contributed by atoms with van der Waals surface area (Å²) in [5.74, 6) is -0.117. The van der Waals surface area contributed by atoms with Crippen LogP contribution in [0.2, 0.25) is 0 Å². The minimum Gasteiger partial charge on any atom is -0.388 e. The van der Waals surface area contributed by atoms with Gasteiger partial charge >= 0.3 is 0 Å². The fourth-order valence-electron chi connectivity index (χ4n) is 3.41. The Morgan fingerprint density at radius 2 is 1.95 bits per heavy atom. The molecule has 0 radical (unpaired) electrons. The molecule has 2 aliphatic heterocycles. The number of fused-ring (bicyclic) bond motifs is 1. The molecule has 120 valence electrons. The molecule has 1 aromatic rings. The van der Waals surface area contributed by atoms with E-state index in [-0.39, 0.29) is 19.1 Å². The van der Waals surface area contributed by atoms with Crippen molar-refractivity contribution in [2.45, 2.75) is 43.3 Å². The lowest BCUT2D eigenvalue weighted by atomic mass is 9.81. The monoisotopic (exact) mass is 307 g/mol. The minimum atomic E-state index is -1.26. The van der Waals surface area contributed by atoms with Crippen molar-refractivity contribution in [3.05, 3.63) is 35.9 Å². The third-order valence-electron chi connectivity index (χ3n) is 4.71. The smallest absolute Gasteiger partial charge is 0.223 e. The van der Waals surface area contributed by atoms with Crippen molar-refractivity contribution < 1.29 is 24.9 Å². The van der Waals surface area contributed by atoms with Gasteiger partial charge < -0.3 is 25.0 Å². The van der Waals surface area contributed by atoms with Crippen LogP contribution in [0.5, 0.6) is 0 Å². The zero-order chi connectivity index (χ0) is 15.7. The number of benzene rings is 1. The Kier molecular flexibility index (Phi) is 4.18. The molecule has 1 aromatic carbocycles. The molecular weight excluding hydrogens is 286 g/mol. The maximum absolute atomic E-state index is 12.0. The molecule has 6 nitrogen and oxygen atoms in total. The molecule has 0 bridgehead atoms. The van der Waals surface area contributed by atoms with Crippen molar-refractivity contribution in [2.75, 3.05) is 13.2 Å². The van der Waals surface area contributed by atoms with Crippen LogP contribution in [0, 0.1) is 0 Å². The summed E-state index contributed by atoms with van der Waals surface area (Å²) in [6.45, 7) is 0.542. The zero-order valence-corrected chi connectivity index (χ0v) is 12.3. The van der Waals surface area contributed by atoms with Crippen molar-refractivity contribution >= 4 is 5.91 Å². The van der Waals surface area contributed by atoms with Gasteiger partial charge in [-0.25, -0.2) is 0 Å². The number of nitrogens with zero attached hydrogens (tertiary/aromatic N) is 1. The van der Waals surface area contributed by atoms with Gasteiger partial charge in [0.1, 0.15) is 18.3 Å². The van der Waals surface area contributed by atoms with Crippen LogP contribution in [0.15, 0.2) is 30.3 Å². The van der Waals surface area contributed by atoms with Crippen LogP contribution in [0.3, 0.4) is 0 Å². The number of ether oxygens (including phenoxy) is 1. The van der Waals surface area contributed by atoms with Gasteiger partial charge in [0, 0.05) is 13.0 Å². The normalized spacial score (nSPS) is 34.8. The van der Waals surface area contributed by atoms with E-state index in [0.29, 0.717) is 19.4 Å². The van der Waals surface area contributed by atoms with Gasteiger partial charge in [-0.15, -0.1) is 0 Å². The van der Waals surface area contributed by atoms with Gasteiger partial charge in [0.05, 0.1) is 18.8 Å². The van der Waals surface area contributed by atoms with Crippen LogP contribution >= 0.6 is 0 Å². The molecule has 0 unspecified atom stereocenters. The fourth-order valence-corrected chi connectivity index (χ4v) is 3.41. The van der Waals surface area contributed by atoms with E-state index in [1.54, 1.807) is 0 Å². The summed E-state index contributed by atoms with van der Waals surface area (Å²) >= 11 is 0. The molecule has 0 saturated carbocycles. The van der Waals surface area contributed by atoms with Gasteiger partial charge in [-0.05, 0) is 12.0 Å². The summed E-state index contributed by atoms with van der Waals surface area (Å²) in [5.41, 5.74) is 0.0606. The van der Waals surface area contributed by atoms with E-state index >= 15 is 0 Å². The molecule has 22 heavy (non-hydrogen) atoms. The molecule has 2 fully saturated rings. The van der Waals surface area contributed by atoms with Gasteiger partial charge in [0.15, 0.2) is 0 Å². The van der Waals surface area contributed by atoms with Gasteiger partial charge in [-0.3, -0.25) is 4.79 Å². The molecule has 1 amide bonds. The van der Waals surface area contributed by atoms with Gasteiger partial charge in [0.25, 0.3) is 0 Å². The number of β-amino-alcohol motifs (C(OH)–C–C–N with tert-alkyl or cyclic N) is 1. The molecule has 4 atom stereocenters. The molecule has 2 heterocycles. The molecular formula is C16H21NO5. The van der Waals surface area contributed by atoms with Crippen LogP contribution in [0.1, 0.15) is 18.4 Å². The second-order valence-electron chi connectivity index (χ2n) is 6.09. The number of hydrogen-bond donors (Lipinski definition) is 3. The number of amides is 1. The second kappa shape index (κ2) is 5.96.